The first-order valence-corrected chi connectivity index (χ1v) is 6.11. The highest BCUT2D eigenvalue weighted by atomic mass is 15.1. The van der Waals surface area contributed by atoms with Crippen LogP contribution in [0.4, 0.5) is 0 Å². The van der Waals surface area contributed by atoms with E-state index in [-0.39, 0.29) is 5.54 Å². The first kappa shape index (κ1) is 12.1. The average molecular weight is 231 g/mol. The van der Waals surface area contributed by atoms with Crippen LogP contribution in [0.1, 0.15) is 39.3 Å². The predicted octanol–water partition coefficient (Wildman–Crippen LogP) is 3.07. The Morgan fingerprint density at radius 2 is 2.00 bits per heavy atom. The molecule has 0 saturated heterocycles. The molecule has 0 aliphatic heterocycles. The van der Waals surface area contributed by atoms with Gasteiger partial charge in [0, 0.05) is 11.6 Å². The van der Waals surface area contributed by atoms with Gasteiger partial charge in [0.25, 0.3) is 0 Å². The molecular weight excluding hydrogens is 210 g/mol. The minimum atomic E-state index is -0.0181. The molecule has 0 aliphatic rings. The largest absolute Gasteiger partial charge is 0.328 e. The number of aromatic nitrogens is 2. The highest BCUT2D eigenvalue weighted by molar-refractivity contribution is 5.76. The number of imidazole rings is 1. The number of rotatable bonds is 3. The minimum absolute atomic E-state index is 0.0181. The lowest BCUT2D eigenvalue weighted by Crippen LogP contribution is -2.32. The highest BCUT2D eigenvalue weighted by Crippen LogP contribution is 2.25. The van der Waals surface area contributed by atoms with Gasteiger partial charge in [-0.1, -0.05) is 6.07 Å². The topological polar surface area (TPSA) is 29.9 Å². The Morgan fingerprint density at radius 3 is 2.59 bits per heavy atom. The summed E-state index contributed by atoms with van der Waals surface area (Å²) in [5.41, 5.74) is 3.52. The summed E-state index contributed by atoms with van der Waals surface area (Å²) in [5.74, 6) is 0. The van der Waals surface area contributed by atoms with Crippen LogP contribution in [-0.4, -0.2) is 16.6 Å². The van der Waals surface area contributed by atoms with Crippen LogP contribution in [0.25, 0.3) is 11.0 Å². The van der Waals surface area contributed by atoms with Crippen molar-refractivity contribution in [3.63, 3.8) is 0 Å². The molecule has 0 unspecified atom stereocenters. The second-order valence-electron chi connectivity index (χ2n) is 5.32. The van der Waals surface area contributed by atoms with Gasteiger partial charge in [0.15, 0.2) is 0 Å². The summed E-state index contributed by atoms with van der Waals surface area (Å²) in [6.45, 7) is 8.69. The van der Waals surface area contributed by atoms with Crippen molar-refractivity contribution >= 4 is 11.0 Å². The summed E-state index contributed by atoms with van der Waals surface area (Å²) in [6.07, 6.45) is 1.92. The molecule has 3 nitrogen and oxygen atoms in total. The van der Waals surface area contributed by atoms with Gasteiger partial charge in [-0.05, 0) is 52.4 Å². The summed E-state index contributed by atoms with van der Waals surface area (Å²) in [4.78, 5) is 4.48. The monoisotopic (exact) mass is 231 g/mol. The van der Waals surface area contributed by atoms with E-state index in [9.17, 15) is 0 Å². The van der Waals surface area contributed by atoms with Gasteiger partial charge >= 0.3 is 0 Å². The van der Waals surface area contributed by atoms with E-state index < -0.39 is 0 Å². The molecule has 0 saturated carbocycles. The van der Waals surface area contributed by atoms with Gasteiger partial charge in [-0.3, -0.25) is 0 Å². The standard InChI is InChI=1S/C14H21N3/c1-10(2)17-9-16-12-8-11(6-7-13(12)17)14(3,4)15-5/h6-10,15H,1-5H3. The molecule has 0 fully saturated rings. The normalized spacial score (nSPS) is 12.6. The SMILES string of the molecule is CNC(C)(C)c1ccc2c(c1)ncn2C(C)C. The van der Waals surface area contributed by atoms with Crippen molar-refractivity contribution in [3.8, 4) is 0 Å². The fourth-order valence-corrected chi connectivity index (χ4v) is 1.98. The van der Waals surface area contributed by atoms with Gasteiger partial charge in [-0.2, -0.15) is 0 Å². The molecule has 1 aromatic heterocycles. The Hall–Kier alpha value is -1.35. The molecule has 0 aliphatic carbocycles. The van der Waals surface area contributed by atoms with Crippen LogP contribution >= 0.6 is 0 Å². The molecule has 1 N–H and O–H groups in total. The number of benzene rings is 1. The first-order valence-electron chi connectivity index (χ1n) is 6.11. The number of hydrogen-bond donors (Lipinski definition) is 1. The zero-order valence-corrected chi connectivity index (χ0v) is 11.3. The van der Waals surface area contributed by atoms with E-state index in [4.69, 9.17) is 0 Å². The summed E-state index contributed by atoms with van der Waals surface area (Å²) in [6, 6.07) is 6.96. The van der Waals surface area contributed by atoms with Gasteiger partial charge in [-0.15, -0.1) is 0 Å². The lowest BCUT2D eigenvalue weighted by Gasteiger charge is -2.24. The van der Waals surface area contributed by atoms with Crippen molar-refractivity contribution < 1.29 is 0 Å². The van der Waals surface area contributed by atoms with Crippen LogP contribution in [0.2, 0.25) is 0 Å². The van der Waals surface area contributed by atoms with E-state index in [0.29, 0.717) is 6.04 Å². The molecule has 0 amide bonds. The Bertz CT molecular complexity index is 523. The fourth-order valence-electron chi connectivity index (χ4n) is 1.98. The van der Waals surface area contributed by atoms with E-state index in [1.165, 1.54) is 11.1 Å². The van der Waals surface area contributed by atoms with Gasteiger partial charge in [0.05, 0.1) is 17.4 Å². The Balaban J connectivity index is 2.53. The Morgan fingerprint density at radius 1 is 1.29 bits per heavy atom. The third-order valence-corrected chi connectivity index (χ3v) is 3.48. The fraction of sp³-hybridized carbons (Fsp3) is 0.500. The molecule has 2 aromatic rings. The maximum absolute atomic E-state index is 4.48. The second kappa shape index (κ2) is 4.15. The van der Waals surface area contributed by atoms with Gasteiger partial charge in [0.2, 0.25) is 0 Å². The molecule has 1 aromatic carbocycles. The van der Waals surface area contributed by atoms with Gasteiger partial charge < -0.3 is 9.88 Å². The molecule has 1 heterocycles. The molecule has 3 heteroatoms. The highest BCUT2D eigenvalue weighted by Gasteiger charge is 2.18. The number of fused-ring (bicyclic) bond motifs is 1. The average Bonchev–Trinajstić information content (AvgIpc) is 2.71. The van der Waals surface area contributed by atoms with E-state index in [2.05, 4.69) is 60.8 Å². The van der Waals surface area contributed by atoms with Crippen LogP contribution in [0, 0.1) is 0 Å². The maximum atomic E-state index is 4.48. The number of nitrogens with one attached hydrogen (secondary N) is 1. The third kappa shape index (κ3) is 2.07. The summed E-state index contributed by atoms with van der Waals surface area (Å²) in [7, 11) is 1.98. The van der Waals surface area contributed by atoms with Gasteiger partial charge in [-0.25, -0.2) is 4.98 Å². The molecular formula is C14H21N3. The Labute approximate surface area is 103 Å². The van der Waals surface area contributed by atoms with Crippen molar-refractivity contribution in [2.45, 2.75) is 39.3 Å². The van der Waals surface area contributed by atoms with Crippen LogP contribution in [0.5, 0.6) is 0 Å². The smallest absolute Gasteiger partial charge is 0.0960 e. The summed E-state index contributed by atoms with van der Waals surface area (Å²) < 4.78 is 2.20. The van der Waals surface area contributed by atoms with Crippen molar-refractivity contribution in [1.29, 1.82) is 0 Å². The third-order valence-electron chi connectivity index (χ3n) is 3.48. The first-order chi connectivity index (χ1) is 7.95. The van der Waals surface area contributed by atoms with Crippen LogP contribution in [0.3, 0.4) is 0 Å². The van der Waals surface area contributed by atoms with Crippen molar-refractivity contribution in [1.82, 2.24) is 14.9 Å². The van der Waals surface area contributed by atoms with Gasteiger partial charge in [0.1, 0.15) is 0 Å². The zero-order valence-electron chi connectivity index (χ0n) is 11.3. The lowest BCUT2D eigenvalue weighted by molar-refractivity contribution is 0.445. The molecule has 2 rings (SSSR count). The molecule has 0 atom stereocenters. The summed E-state index contributed by atoms with van der Waals surface area (Å²) >= 11 is 0. The van der Waals surface area contributed by atoms with Crippen LogP contribution in [0.15, 0.2) is 24.5 Å². The zero-order chi connectivity index (χ0) is 12.6. The van der Waals surface area contributed by atoms with Crippen LogP contribution in [-0.2, 0) is 5.54 Å². The molecule has 0 bridgehead atoms. The Kier molecular flexibility index (Phi) is 2.96. The number of hydrogen-bond acceptors (Lipinski definition) is 2. The van der Waals surface area contributed by atoms with Crippen molar-refractivity contribution in [3.05, 3.63) is 30.1 Å². The maximum Gasteiger partial charge on any atom is 0.0960 e. The molecule has 0 radical (unpaired) electrons. The second-order valence-corrected chi connectivity index (χ2v) is 5.32. The van der Waals surface area contributed by atoms with Crippen LogP contribution < -0.4 is 5.32 Å². The quantitative estimate of drug-likeness (QED) is 0.879. The van der Waals surface area contributed by atoms with Crippen molar-refractivity contribution in [2.24, 2.45) is 0 Å². The van der Waals surface area contributed by atoms with E-state index in [1.807, 2.05) is 13.4 Å². The molecule has 17 heavy (non-hydrogen) atoms. The molecule has 92 valence electrons. The number of nitrogens with zero attached hydrogens (tertiary/aromatic N) is 2. The molecule has 0 spiro atoms. The minimum Gasteiger partial charge on any atom is -0.328 e. The van der Waals surface area contributed by atoms with E-state index >= 15 is 0 Å². The van der Waals surface area contributed by atoms with E-state index in [0.717, 1.165) is 5.52 Å². The van der Waals surface area contributed by atoms with Crippen molar-refractivity contribution in [2.75, 3.05) is 7.05 Å². The lowest BCUT2D eigenvalue weighted by atomic mass is 9.94. The predicted molar refractivity (Wildman–Crippen MR) is 72.2 cm³/mol. The summed E-state index contributed by atoms with van der Waals surface area (Å²) in [5, 5.41) is 3.32. The van der Waals surface area contributed by atoms with E-state index in [1.54, 1.807) is 0 Å².